The van der Waals surface area contributed by atoms with Gasteiger partial charge in [0.15, 0.2) is 0 Å². The van der Waals surface area contributed by atoms with Gasteiger partial charge >= 0.3 is 23.9 Å². The van der Waals surface area contributed by atoms with Crippen LogP contribution in [-0.2, 0) is 19.2 Å². The first-order chi connectivity index (χ1) is 19.6. The summed E-state index contributed by atoms with van der Waals surface area (Å²) in [5.41, 5.74) is 0.843. The number of carbonyl (C=O) groups excluding carboxylic acids is 2. The van der Waals surface area contributed by atoms with Gasteiger partial charge in [0.1, 0.15) is 11.5 Å². The Morgan fingerprint density at radius 2 is 1.02 bits per heavy atom. The third-order valence-electron chi connectivity index (χ3n) is 10.5. The van der Waals surface area contributed by atoms with Gasteiger partial charge in [0, 0.05) is 21.5 Å². The molecule has 3 aromatic carbocycles. The molecule has 2 aliphatic heterocycles. The predicted octanol–water partition coefficient (Wildman–Crippen LogP) is 4.69. The van der Waals surface area contributed by atoms with Crippen molar-refractivity contribution in [3.63, 3.8) is 0 Å². The SMILES string of the molecule is Cc1ccc2c3c4cc(C)ccc4c(c2c1)OC(=O)C1C(C(=O)O)C2C=CC1C21C2C=CC1C(C(=O)O3)C2C(=O)O. The van der Waals surface area contributed by atoms with Gasteiger partial charge in [-0.1, -0.05) is 59.7 Å². The van der Waals surface area contributed by atoms with E-state index in [9.17, 15) is 29.4 Å². The van der Waals surface area contributed by atoms with Crippen LogP contribution in [0.15, 0.2) is 60.7 Å². The summed E-state index contributed by atoms with van der Waals surface area (Å²) in [4.78, 5) is 54.1. The topological polar surface area (TPSA) is 127 Å². The average molecular weight is 551 g/mol. The Balaban J connectivity index is 1.47. The summed E-state index contributed by atoms with van der Waals surface area (Å²) in [6.07, 6.45) is 7.32. The van der Waals surface area contributed by atoms with Crippen LogP contribution in [0.3, 0.4) is 0 Å². The van der Waals surface area contributed by atoms with Crippen LogP contribution < -0.4 is 9.47 Å². The first-order valence-electron chi connectivity index (χ1n) is 13.9. The van der Waals surface area contributed by atoms with Gasteiger partial charge in [-0.25, -0.2) is 0 Å². The van der Waals surface area contributed by atoms with Gasteiger partial charge in [-0.2, -0.15) is 0 Å². The van der Waals surface area contributed by atoms with E-state index in [0.717, 1.165) is 11.1 Å². The van der Waals surface area contributed by atoms with Gasteiger partial charge in [-0.3, -0.25) is 19.2 Å². The normalized spacial score (nSPS) is 35.9. The monoisotopic (exact) mass is 550 g/mol. The van der Waals surface area contributed by atoms with E-state index in [1.54, 1.807) is 12.1 Å². The number of carbonyl (C=O) groups is 4. The molecular weight excluding hydrogens is 524 g/mol. The standard InChI is InChI=1S/C33H26O8/c1-13-3-5-15-17(11-13)27-16-6-4-14(2)12-18(16)28(15)41-32(39)26-22-10-8-20(24(26)30(36)37)33(22)19-7-9-21(33)25(31(38)40-27)23(19)29(34)35/h3-12,19-26H,1-2H3,(H,34,35)(H,36,37). The number of ether oxygens (including phenoxy) is 2. The lowest BCUT2D eigenvalue weighted by molar-refractivity contribution is -0.152. The number of aryl methyl sites for hydroxylation is 2. The predicted molar refractivity (Wildman–Crippen MR) is 146 cm³/mol. The Hall–Kier alpha value is -4.46. The van der Waals surface area contributed by atoms with Crippen LogP contribution in [-0.4, -0.2) is 34.1 Å². The minimum atomic E-state index is -1.14. The molecule has 2 fully saturated rings. The van der Waals surface area contributed by atoms with Crippen LogP contribution >= 0.6 is 0 Å². The lowest BCUT2D eigenvalue weighted by Crippen LogP contribution is -2.38. The zero-order chi connectivity index (χ0) is 28.5. The number of fused-ring (bicyclic) bond motifs is 2. The maximum Gasteiger partial charge on any atom is 0.315 e. The lowest BCUT2D eigenvalue weighted by atomic mass is 9.65. The van der Waals surface area contributed by atoms with Crippen LogP contribution in [0, 0.1) is 66.6 Å². The average Bonchev–Trinajstić information content (AvgIpc) is 3.66. The molecule has 0 saturated heterocycles. The van der Waals surface area contributed by atoms with Crippen molar-refractivity contribution in [2.24, 2.45) is 52.8 Å². The van der Waals surface area contributed by atoms with E-state index in [1.807, 2.05) is 62.4 Å². The Labute approximate surface area is 234 Å². The summed E-state index contributed by atoms with van der Waals surface area (Å²) >= 11 is 0. The van der Waals surface area contributed by atoms with E-state index in [-0.39, 0.29) is 0 Å². The molecule has 3 aromatic rings. The van der Waals surface area contributed by atoms with Crippen LogP contribution in [0.4, 0.5) is 0 Å². The van der Waals surface area contributed by atoms with Crippen molar-refractivity contribution >= 4 is 45.4 Å². The Morgan fingerprint density at radius 1 is 0.634 bits per heavy atom. The van der Waals surface area contributed by atoms with E-state index in [4.69, 9.17) is 9.47 Å². The van der Waals surface area contributed by atoms with Gasteiger partial charge in [-0.05, 0) is 55.1 Å². The molecule has 1 spiro atoms. The number of hydrogen-bond acceptors (Lipinski definition) is 6. The van der Waals surface area contributed by atoms with Crippen molar-refractivity contribution in [3.05, 3.63) is 71.8 Å². The molecule has 9 bridgehead atoms. The number of benzene rings is 3. The fourth-order valence-electron chi connectivity index (χ4n) is 9.23. The number of rotatable bonds is 2. The minimum absolute atomic E-state index is 0.294. The third-order valence-corrected chi connectivity index (χ3v) is 10.5. The molecule has 2 saturated carbocycles. The van der Waals surface area contributed by atoms with Crippen LogP contribution in [0.2, 0.25) is 0 Å². The molecule has 9 rings (SSSR count). The molecule has 8 nitrogen and oxygen atoms in total. The number of esters is 2. The van der Waals surface area contributed by atoms with Crippen molar-refractivity contribution in [3.8, 4) is 11.5 Å². The molecule has 41 heavy (non-hydrogen) atoms. The highest BCUT2D eigenvalue weighted by Gasteiger charge is 2.78. The molecule has 206 valence electrons. The molecule has 2 N–H and O–H groups in total. The molecular formula is C33H26O8. The number of allylic oxidation sites excluding steroid dienone is 4. The van der Waals surface area contributed by atoms with E-state index in [2.05, 4.69) is 0 Å². The van der Waals surface area contributed by atoms with Crippen LogP contribution in [0.1, 0.15) is 11.1 Å². The summed E-state index contributed by atoms with van der Waals surface area (Å²) < 4.78 is 12.5. The first-order valence-corrected chi connectivity index (χ1v) is 13.9. The second kappa shape index (κ2) is 7.84. The molecule has 0 amide bonds. The number of carboxylic acid groups (broad SMARTS) is 2. The Morgan fingerprint density at radius 3 is 1.41 bits per heavy atom. The fraction of sp³-hybridized carbons (Fsp3) is 0.333. The number of carboxylic acids is 2. The van der Waals surface area contributed by atoms with Crippen molar-refractivity contribution in [2.75, 3.05) is 0 Å². The summed E-state index contributed by atoms with van der Waals surface area (Å²) in [7, 11) is 0. The van der Waals surface area contributed by atoms with Crippen molar-refractivity contribution in [1.29, 1.82) is 0 Å². The van der Waals surface area contributed by atoms with Gasteiger partial charge in [0.05, 0.1) is 23.7 Å². The maximum absolute atomic E-state index is 14.2. The molecule has 2 heterocycles. The zero-order valence-electron chi connectivity index (χ0n) is 22.2. The van der Waals surface area contributed by atoms with E-state index in [1.165, 1.54) is 0 Å². The summed E-state index contributed by atoms with van der Waals surface area (Å²) in [6.45, 7) is 3.79. The van der Waals surface area contributed by atoms with Gasteiger partial charge in [0.25, 0.3) is 0 Å². The van der Waals surface area contributed by atoms with Crippen LogP contribution in [0.5, 0.6) is 11.5 Å². The lowest BCUT2D eigenvalue weighted by Gasteiger charge is -2.37. The molecule has 0 radical (unpaired) electrons. The Kier molecular flexibility index (Phi) is 4.66. The van der Waals surface area contributed by atoms with Gasteiger partial charge in [-0.15, -0.1) is 0 Å². The highest BCUT2D eigenvalue weighted by molar-refractivity contribution is 6.13. The third kappa shape index (κ3) is 2.80. The van der Waals surface area contributed by atoms with Gasteiger partial charge < -0.3 is 19.7 Å². The quantitative estimate of drug-likeness (QED) is 0.204. The maximum atomic E-state index is 14.2. The minimum Gasteiger partial charge on any atom is -0.481 e. The smallest absolute Gasteiger partial charge is 0.315 e. The highest BCUT2D eigenvalue weighted by atomic mass is 16.5. The van der Waals surface area contributed by atoms with Gasteiger partial charge in [0.2, 0.25) is 0 Å². The van der Waals surface area contributed by atoms with Crippen LogP contribution in [0.25, 0.3) is 21.5 Å². The number of hydrogen-bond donors (Lipinski definition) is 2. The summed E-state index contributed by atoms with van der Waals surface area (Å²) in [6, 6.07) is 11.0. The second-order valence-electron chi connectivity index (χ2n) is 12.3. The summed E-state index contributed by atoms with van der Waals surface area (Å²) in [5.74, 6) is -9.79. The molecule has 6 aliphatic rings. The molecule has 4 aliphatic carbocycles. The van der Waals surface area contributed by atoms with E-state index in [0.29, 0.717) is 33.0 Å². The summed E-state index contributed by atoms with van der Waals surface area (Å²) in [5, 5.41) is 23.1. The second-order valence-corrected chi connectivity index (χ2v) is 12.3. The number of aliphatic carboxylic acids is 2. The largest absolute Gasteiger partial charge is 0.481 e. The van der Waals surface area contributed by atoms with E-state index < -0.39 is 76.6 Å². The molecule has 8 unspecified atom stereocenters. The first kappa shape index (κ1) is 24.3. The van der Waals surface area contributed by atoms with Crippen molar-refractivity contribution in [2.45, 2.75) is 13.8 Å². The molecule has 8 atom stereocenters. The zero-order valence-corrected chi connectivity index (χ0v) is 22.2. The molecule has 8 heteroatoms. The fourth-order valence-corrected chi connectivity index (χ4v) is 9.23. The van der Waals surface area contributed by atoms with Crippen molar-refractivity contribution < 1.29 is 38.9 Å². The van der Waals surface area contributed by atoms with E-state index >= 15 is 0 Å². The van der Waals surface area contributed by atoms with Crippen molar-refractivity contribution in [1.82, 2.24) is 0 Å². The molecule has 0 aromatic heterocycles. The highest BCUT2D eigenvalue weighted by Crippen LogP contribution is 2.76. The Bertz CT molecular complexity index is 1700.